The summed E-state index contributed by atoms with van der Waals surface area (Å²) in [6.45, 7) is -0.0185. The number of nitriles is 1. The van der Waals surface area contributed by atoms with Crippen LogP contribution >= 0.6 is 0 Å². The molecule has 1 rings (SSSR count). The molecule has 0 spiro atoms. The first-order valence-corrected chi connectivity index (χ1v) is 3.77. The van der Waals surface area contributed by atoms with E-state index in [0.717, 1.165) is 6.07 Å². The summed E-state index contributed by atoms with van der Waals surface area (Å²) in [7, 11) is 0. The van der Waals surface area contributed by atoms with Gasteiger partial charge in [0.1, 0.15) is 17.6 Å². The van der Waals surface area contributed by atoms with Gasteiger partial charge in [0.2, 0.25) is 0 Å². The number of nitrogen functional groups attached to an aromatic ring is 1. The molecule has 0 bridgehead atoms. The van der Waals surface area contributed by atoms with Gasteiger partial charge in [-0.1, -0.05) is 0 Å². The summed E-state index contributed by atoms with van der Waals surface area (Å²) in [6, 6.07) is 2.87. The lowest BCUT2D eigenvalue weighted by atomic mass is 10.1. The third-order valence-electron chi connectivity index (χ3n) is 1.70. The van der Waals surface area contributed by atoms with E-state index >= 15 is 0 Å². The predicted octanol–water partition coefficient (Wildman–Crippen LogP) is 0.932. The summed E-state index contributed by atoms with van der Waals surface area (Å²) in [5.41, 5.74) is 10.5. The first-order valence-electron chi connectivity index (χ1n) is 3.77. The number of hydrogen-bond donors (Lipinski definition) is 2. The molecule has 74 valence electrons. The lowest BCUT2D eigenvalue weighted by Crippen LogP contribution is -2.07. The third-order valence-corrected chi connectivity index (χ3v) is 1.70. The van der Waals surface area contributed by atoms with E-state index in [0.29, 0.717) is 0 Å². The molecule has 0 unspecified atom stereocenters. The van der Waals surface area contributed by atoms with Gasteiger partial charge in [-0.15, -0.1) is 0 Å². The molecule has 0 aliphatic carbocycles. The van der Waals surface area contributed by atoms with Gasteiger partial charge in [0.25, 0.3) is 6.43 Å². The Balaban J connectivity index is 3.33. The maximum absolute atomic E-state index is 12.3. The number of rotatable bonds is 2. The standard InChI is InChI=1S/C8H8F2N4/c9-7(10)6-1-4(2-11)5(3-12)8(13)14-6/h1,7H,2,11H2,(H2,13,14). The highest BCUT2D eigenvalue weighted by atomic mass is 19.3. The first-order chi connectivity index (χ1) is 6.60. The molecule has 4 nitrogen and oxygen atoms in total. The Hall–Kier alpha value is -1.74. The maximum Gasteiger partial charge on any atom is 0.280 e. The summed E-state index contributed by atoms with van der Waals surface area (Å²) in [6.07, 6.45) is -2.71. The molecule has 4 N–H and O–H groups in total. The average Bonchev–Trinajstić information content (AvgIpc) is 2.16. The molecule has 0 saturated carbocycles. The SMILES string of the molecule is N#Cc1c(CN)cc(C(F)F)nc1N. The quantitative estimate of drug-likeness (QED) is 0.739. The van der Waals surface area contributed by atoms with Crippen LogP contribution in [0.5, 0.6) is 0 Å². The molecule has 0 fully saturated rings. The second-order valence-corrected chi connectivity index (χ2v) is 2.58. The zero-order chi connectivity index (χ0) is 10.7. The number of hydrogen-bond acceptors (Lipinski definition) is 4. The van der Waals surface area contributed by atoms with Crippen molar-refractivity contribution in [2.24, 2.45) is 5.73 Å². The summed E-state index contributed by atoms with van der Waals surface area (Å²) in [5.74, 6) is -0.203. The van der Waals surface area contributed by atoms with Gasteiger partial charge in [-0.05, 0) is 11.6 Å². The Bertz CT molecular complexity index is 384. The minimum absolute atomic E-state index is 0.0185. The zero-order valence-electron chi connectivity index (χ0n) is 7.17. The van der Waals surface area contributed by atoms with Crippen molar-refractivity contribution >= 4 is 5.82 Å². The molecule has 0 radical (unpaired) electrons. The predicted molar refractivity (Wildman–Crippen MR) is 46.2 cm³/mol. The zero-order valence-corrected chi connectivity index (χ0v) is 7.17. The van der Waals surface area contributed by atoms with Crippen molar-refractivity contribution in [2.75, 3.05) is 5.73 Å². The minimum Gasteiger partial charge on any atom is -0.383 e. The molecule has 0 aliphatic rings. The number of alkyl halides is 2. The van der Waals surface area contributed by atoms with Gasteiger partial charge in [-0.25, -0.2) is 13.8 Å². The Morgan fingerprint density at radius 2 is 2.21 bits per heavy atom. The van der Waals surface area contributed by atoms with E-state index in [1.165, 1.54) is 0 Å². The molecule has 0 atom stereocenters. The molecule has 0 amide bonds. The number of aromatic nitrogens is 1. The molecular weight excluding hydrogens is 190 g/mol. The average molecular weight is 198 g/mol. The molecular formula is C8H8F2N4. The molecule has 1 heterocycles. The Kier molecular flexibility index (Phi) is 2.94. The molecule has 0 aromatic carbocycles. The van der Waals surface area contributed by atoms with Gasteiger partial charge in [-0.2, -0.15) is 5.26 Å². The lowest BCUT2D eigenvalue weighted by molar-refractivity contribution is 0.146. The highest BCUT2D eigenvalue weighted by Gasteiger charge is 2.14. The minimum atomic E-state index is -2.71. The Labute approximate surface area is 79.1 Å². The van der Waals surface area contributed by atoms with Gasteiger partial charge in [0.15, 0.2) is 0 Å². The Morgan fingerprint density at radius 1 is 1.57 bits per heavy atom. The number of halogens is 2. The van der Waals surface area contributed by atoms with Crippen molar-refractivity contribution in [3.05, 3.63) is 22.9 Å². The summed E-state index contributed by atoms with van der Waals surface area (Å²) in [4.78, 5) is 3.40. The van der Waals surface area contributed by atoms with Crippen LogP contribution in [0.2, 0.25) is 0 Å². The van der Waals surface area contributed by atoms with Crippen molar-refractivity contribution in [1.82, 2.24) is 4.98 Å². The molecule has 1 aromatic heterocycles. The van der Waals surface area contributed by atoms with Gasteiger partial charge in [0.05, 0.1) is 5.56 Å². The van der Waals surface area contributed by atoms with Crippen molar-refractivity contribution in [3.63, 3.8) is 0 Å². The van der Waals surface area contributed by atoms with Gasteiger partial charge < -0.3 is 11.5 Å². The van der Waals surface area contributed by atoms with E-state index in [1.807, 2.05) is 0 Å². The van der Waals surface area contributed by atoms with Crippen LogP contribution in [-0.2, 0) is 6.54 Å². The maximum atomic E-state index is 12.3. The molecule has 0 saturated heterocycles. The van der Waals surface area contributed by atoms with E-state index in [9.17, 15) is 8.78 Å². The van der Waals surface area contributed by atoms with Crippen molar-refractivity contribution in [2.45, 2.75) is 13.0 Å². The molecule has 14 heavy (non-hydrogen) atoms. The van der Waals surface area contributed by atoms with E-state index < -0.39 is 12.1 Å². The fraction of sp³-hybridized carbons (Fsp3) is 0.250. The number of nitrogens with zero attached hydrogens (tertiary/aromatic N) is 2. The largest absolute Gasteiger partial charge is 0.383 e. The van der Waals surface area contributed by atoms with Gasteiger partial charge in [-0.3, -0.25) is 0 Å². The van der Waals surface area contributed by atoms with Gasteiger partial charge >= 0.3 is 0 Å². The smallest absolute Gasteiger partial charge is 0.280 e. The highest BCUT2D eigenvalue weighted by Crippen LogP contribution is 2.22. The van der Waals surface area contributed by atoms with E-state index in [1.54, 1.807) is 6.07 Å². The summed E-state index contributed by atoms with van der Waals surface area (Å²) < 4.78 is 24.5. The van der Waals surface area contributed by atoms with Crippen LogP contribution < -0.4 is 11.5 Å². The second-order valence-electron chi connectivity index (χ2n) is 2.58. The molecule has 6 heteroatoms. The number of nitrogens with two attached hydrogens (primary N) is 2. The van der Waals surface area contributed by atoms with Crippen LogP contribution in [0.3, 0.4) is 0 Å². The number of anilines is 1. The fourth-order valence-corrected chi connectivity index (χ4v) is 1.04. The van der Waals surface area contributed by atoms with E-state index in [-0.39, 0.29) is 23.5 Å². The molecule has 0 aliphatic heterocycles. The Morgan fingerprint density at radius 3 is 2.64 bits per heavy atom. The topological polar surface area (TPSA) is 88.7 Å². The molecule has 1 aromatic rings. The number of pyridine rings is 1. The van der Waals surface area contributed by atoms with Crippen LogP contribution in [0, 0.1) is 11.3 Å². The van der Waals surface area contributed by atoms with E-state index in [4.69, 9.17) is 16.7 Å². The normalized spacial score (nSPS) is 10.2. The van der Waals surface area contributed by atoms with Crippen LogP contribution in [0.1, 0.15) is 23.2 Å². The third kappa shape index (κ3) is 1.78. The highest BCUT2D eigenvalue weighted by molar-refractivity contribution is 5.53. The van der Waals surface area contributed by atoms with Crippen LogP contribution in [-0.4, -0.2) is 4.98 Å². The van der Waals surface area contributed by atoms with Crippen LogP contribution in [0.25, 0.3) is 0 Å². The van der Waals surface area contributed by atoms with Gasteiger partial charge in [0, 0.05) is 6.54 Å². The van der Waals surface area contributed by atoms with Crippen molar-refractivity contribution < 1.29 is 8.78 Å². The van der Waals surface area contributed by atoms with E-state index in [2.05, 4.69) is 4.98 Å². The van der Waals surface area contributed by atoms with Crippen molar-refractivity contribution in [1.29, 1.82) is 5.26 Å². The lowest BCUT2D eigenvalue weighted by Gasteiger charge is -2.06. The van der Waals surface area contributed by atoms with Crippen LogP contribution in [0.4, 0.5) is 14.6 Å². The van der Waals surface area contributed by atoms with Crippen molar-refractivity contribution in [3.8, 4) is 6.07 Å². The summed E-state index contributed by atoms with van der Waals surface area (Å²) >= 11 is 0. The monoisotopic (exact) mass is 198 g/mol. The van der Waals surface area contributed by atoms with Crippen LogP contribution in [0.15, 0.2) is 6.07 Å². The fourth-order valence-electron chi connectivity index (χ4n) is 1.04. The second kappa shape index (κ2) is 3.98. The summed E-state index contributed by atoms with van der Waals surface area (Å²) in [5, 5.41) is 8.65. The first kappa shape index (κ1) is 10.3.